The smallest absolute Gasteiger partial charge is 0.458 e. The fourth-order valence-corrected chi connectivity index (χ4v) is 4.76. The molecule has 3 rings (SSSR count). The monoisotopic (exact) mass is 505 g/mol. The summed E-state index contributed by atoms with van der Waals surface area (Å²) in [5, 5.41) is 14.9. The first-order chi connectivity index (χ1) is 16.1. The fraction of sp³-hybridized carbons (Fsp3) is 0.500. The first-order valence-electron chi connectivity index (χ1n) is 10.4. The van der Waals surface area contributed by atoms with E-state index >= 15 is 0 Å². The van der Waals surface area contributed by atoms with Gasteiger partial charge >= 0.3 is 25.7 Å². The first kappa shape index (κ1) is 26.0. The number of ether oxygens (including phenoxy) is 2. The van der Waals surface area contributed by atoms with Crippen LogP contribution in [0.15, 0.2) is 43.1 Å². The van der Waals surface area contributed by atoms with Gasteiger partial charge in [-0.2, -0.15) is 8.78 Å². The van der Waals surface area contributed by atoms with Crippen LogP contribution >= 0.6 is 7.75 Å². The Bertz CT molecular complexity index is 938. The molecule has 188 valence electrons. The predicted molar refractivity (Wildman–Crippen MR) is 114 cm³/mol. The maximum Gasteiger partial charge on any atom is 0.458 e. The van der Waals surface area contributed by atoms with Crippen LogP contribution in [-0.4, -0.2) is 73.2 Å². The van der Waals surface area contributed by atoms with Crippen LogP contribution in [0.1, 0.15) is 6.42 Å². The SMILES string of the molecule is C=CN(C(=O)NC)[C@@H]1O[C@H](CO[P@](=O)(NCC2CCOC2=O)Oc2ccccc2)[C@@H](O)C1(F)F. The molecule has 2 aliphatic heterocycles. The van der Waals surface area contributed by atoms with Gasteiger partial charge < -0.3 is 24.4 Å². The molecule has 0 bridgehead atoms. The normalized spacial score (nSPS) is 27.5. The van der Waals surface area contributed by atoms with E-state index < -0.39 is 56.6 Å². The van der Waals surface area contributed by atoms with Crippen LogP contribution < -0.4 is 14.9 Å². The first-order valence-corrected chi connectivity index (χ1v) is 11.9. The molecule has 1 aromatic rings. The lowest BCUT2D eigenvalue weighted by Crippen LogP contribution is -2.51. The van der Waals surface area contributed by atoms with Crippen molar-refractivity contribution in [1.82, 2.24) is 15.3 Å². The summed E-state index contributed by atoms with van der Waals surface area (Å²) < 4.78 is 63.6. The van der Waals surface area contributed by atoms with Crippen molar-refractivity contribution in [2.24, 2.45) is 5.92 Å². The van der Waals surface area contributed by atoms with Gasteiger partial charge in [0.25, 0.3) is 0 Å². The number of hydrogen-bond donors (Lipinski definition) is 3. The summed E-state index contributed by atoms with van der Waals surface area (Å²) >= 11 is 0. The fourth-order valence-electron chi connectivity index (χ4n) is 3.36. The molecule has 0 aromatic heterocycles. The second-order valence-electron chi connectivity index (χ2n) is 7.50. The van der Waals surface area contributed by atoms with Gasteiger partial charge in [0.15, 0.2) is 6.10 Å². The molecule has 3 N–H and O–H groups in total. The van der Waals surface area contributed by atoms with E-state index in [1.807, 2.05) is 0 Å². The number of urea groups is 1. The van der Waals surface area contributed by atoms with Crippen molar-refractivity contribution in [2.45, 2.75) is 30.8 Å². The van der Waals surface area contributed by atoms with E-state index in [-0.39, 0.29) is 18.9 Å². The van der Waals surface area contributed by atoms with Crippen molar-refractivity contribution in [1.29, 1.82) is 0 Å². The Morgan fingerprint density at radius 2 is 2.12 bits per heavy atom. The summed E-state index contributed by atoms with van der Waals surface area (Å²) in [5.74, 6) is -4.80. The number of carbonyl (C=O) groups excluding carboxylic acids is 2. The van der Waals surface area contributed by atoms with E-state index in [1.165, 1.54) is 19.2 Å². The molecule has 34 heavy (non-hydrogen) atoms. The number of halogens is 2. The lowest BCUT2D eigenvalue weighted by Gasteiger charge is -2.28. The van der Waals surface area contributed by atoms with Crippen LogP contribution in [0.3, 0.4) is 0 Å². The molecule has 0 saturated carbocycles. The van der Waals surface area contributed by atoms with Gasteiger partial charge in [0.2, 0.25) is 6.23 Å². The number of esters is 1. The Labute approximate surface area is 194 Å². The van der Waals surface area contributed by atoms with Crippen molar-refractivity contribution in [2.75, 3.05) is 26.8 Å². The number of alkyl halides is 2. The summed E-state index contributed by atoms with van der Waals surface area (Å²) in [6.07, 6.45) is -5.01. The summed E-state index contributed by atoms with van der Waals surface area (Å²) in [4.78, 5) is 24.1. The highest BCUT2D eigenvalue weighted by molar-refractivity contribution is 7.52. The largest absolute Gasteiger partial charge is 0.465 e. The van der Waals surface area contributed by atoms with Crippen molar-refractivity contribution in [3.8, 4) is 5.75 Å². The standard InChI is InChI=1S/C20H26F2N3O8P/c1-3-25(19(28)23-2)18-20(21,22)16(26)15(32-18)12-31-34(29,33-14-7-5-4-6-8-14)24-11-13-9-10-30-17(13)27/h3-8,13,15-16,18,26H,1,9-12H2,2H3,(H,23,28)(H,24,29)/t13?,15-,16-,18-,34-/m1/s1. The van der Waals surface area contributed by atoms with Crippen molar-refractivity contribution < 1.29 is 46.6 Å². The third kappa shape index (κ3) is 5.73. The molecular weight excluding hydrogens is 479 g/mol. The second-order valence-corrected chi connectivity index (χ2v) is 9.26. The maximum atomic E-state index is 14.7. The highest BCUT2D eigenvalue weighted by atomic mass is 31.2. The van der Waals surface area contributed by atoms with E-state index in [2.05, 4.69) is 17.0 Å². The molecule has 2 saturated heterocycles. The Balaban J connectivity index is 1.73. The predicted octanol–water partition coefficient (Wildman–Crippen LogP) is 1.85. The lowest BCUT2D eigenvalue weighted by molar-refractivity contribution is -0.144. The van der Waals surface area contributed by atoms with Crippen LogP contribution in [-0.2, 0) is 23.4 Å². The molecule has 0 aliphatic carbocycles. The van der Waals surface area contributed by atoms with Gasteiger partial charge in [-0.1, -0.05) is 24.8 Å². The molecule has 1 aromatic carbocycles. The third-order valence-electron chi connectivity index (χ3n) is 5.23. The van der Waals surface area contributed by atoms with Gasteiger partial charge in [-0.25, -0.2) is 14.4 Å². The minimum Gasteiger partial charge on any atom is -0.465 e. The summed E-state index contributed by atoms with van der Waals surface area (Å²) in [7, 11) is -2.99. The molecule has 5 atom stereocenters. The van der Waals surface area contributed by atoms with Crippen LogP contribution in [0.4, 0.5) is 13.6 Å². The number of benzene rings is 1. The van der Waals surface area contributed by atoms with E-state index in [0.29, 0.717) is 11.3 Å². The topological polar surface area (TPSA) is 136 Å². The number of cyclic esters (lactones) is 1. The number of nitrogens with zero attached hydrogens (tertiary/aromatic N) is 1. The highest BCUT2D eigenvalue weighted by Gasteiger charge is 2.61. The van der Waals surface area contributed by atoms with Crippen LogP contribution in [0.2, 0.25) is 0 Å². The quantitative estimate of drug-likeness (QED) is 0.322. The molecule has 1 unspecified atom stereocenters. The van der Waals surface area contributed by atoms with E-state index in [1.54, 1.807) is 18.2 Å². The van der Waals surface area contributed by atoms with Gasteiger partial charge in [-0.15, -0.1) is 0 Å². The Morgan fingerprint density at radius 3 is 2.71 bits per heavy atom. The summed E-state index contributed by atoms with van der Waals surface area (Å²) in [6, 6.07) is 6.99. The van der Waals surface area contributed by atoms with E-state index in [9.17, 15) is 28.0 Å². The summed E-state index contributed by atoms with van der Waals surface area (Å²) in [6.45, 7) is 2.65. The number of amides is 2. The van der Waals surface area contributed by atoms with Gasteiger partial charge in [0.05, 0.1) is 19.1 Å². The molecule has 0 spiro atoms. The zero-order valence-electron chi connectivity index (χ0n) is 18.3. The Morgan fingerprint density at radius 1 is 1.41 bits per heavy atom. The number of para-hydroxylation sites is 1. The lowest BCUT2D eigenvalue weighted by atomic mass is 10.1. The average Bonchev–Trinajstić information content (AvgIpc) is 3.33. The van der Waals surface area contributed by atoms with Crippen molar-refractivity contribution in [3.05, 3.63) is 43.1 Å². The van der Waals surface area contributed by atoms with E-state index in [0.717, 1.165) is 6.20 Å². The molecule has 2 heterocycles. The maximum absolute atomic E-state index is 14.7. The summed E-state index contributed by atoms with van der Waals surface area (Å²) in [5.41, 5.74) is 0. The van der Waals surface area contributed by atoms with Crippen molar-refractivity contribution in [3.63, 3.8) is 0 Å². The Hall–Kier alpha value is -2.57. The highest BCUT2D eigenvalue weighted by Crippen LogP contribution is 2.46. The van der Waals surface area contributed by atoms with Gasteiger partial charge in [-0.3, -0.25) is 14.2 Å². The third-order valence-corrected chi connectivity index (χ3v) is 6.74. The minimum absolute atomic E-state index is 0.114. The van der Waals surface area contributed by atoms with Crippen LogP contribution in [0, 0.1) is 5.92 Å². The molecule has 2 aliphatic rings. The molecule has 11 nitrogen and oxygen atoms in total. The van der Waals surface area contributed by atoms with Crippen molar-refractivity contribution >= 4 is 19.7 Å². The van der Waals surface area contributed by atoms with Crippen LogP contribution in [0.25, 0.3) is 0 Å². The number of carbonyl (C=O) groups is 2. The molecule has 2 fully saturated rings. The number of hydrogen-bond acceptors (Lipinski definition) is 8. The minimum atomic E-state index is -4.22. The zero-order valence-corrected chi connectivity index (χ0v) is 19.2. The van der Waals surface area contributed by atoms with Gasteiger partial charge in [0.1, 0.15) is 11.9 Å². The average molecular weight is 505 g/mol. The van der Waals surface area contributed by atoms with Crippen LogP contribution in [0.5, 0.6) is 5.75 Å². The number of aliphatic hydroxyl groups is 1. The number of nitrogens with one attached hydrogen (secondary N) is 2. The molecular formula is C20H26F2N3O8P. The number of aliphatic hydroxyl groups excluding tert-OH is 1. The molecule has 14 heteroatoms. The Kier molecular flexibility index (Phi) is 8.26. The van der Waals surface area contributed by atoms with E-state index in [4.69, 9.17) is 18.5 Å². The molecule has 0 radical (unpaired) electrons. The molecule has 2 amide bonds. The van der Waals surface area contributed by atoms with Gasteiger partial charge in [0, 0.05) is 19.8 Å². The zero-order chi connectivity index (χ0) is 24.9. The van der Waals surface area contributed by atoms with Gasteiger partial charge in [-0.05, 0) is 18.6 Å². The second kappa shape index (κ2) is 10.8. The number of rotatable bonds is 10.